The van der Waals surface area contributed by atoms with Crippen LogP contribution in [-0.2, 0) is 4.74 Å². The highest BCUT2D eigenvalue weighted by atomic mass is 16.5. The van der Waals surface area contributed by atoms with Gasteiger partial charge in [0, 0.05) is 13.7 Å². The van der Waals surface area contributed by atoms with Gasteiger partial charge in [0.15, 0.2) is 0 Å². The predicted molar refractivity (Wildman–Crippen MR) is 99.1 cm³/mol. The molecule has 0 bridgehead atoms. The Hall–Kier alpha value is -0.120. The lowest BCUT2D eigenvalue weighted by Gasteiger charge is -2.57. The molecule has 8 atom stereocenters. The molecule has 0 aromatic heterocycles. The van der Waals surface area contributed by atoms with Crippen LogP contribution in [0.25, 0.3) is 0 Å². The molecular formula is C22H38O3. The largest absolute Gasteiger partial charge is 0.396 e. The highest BCUT2D eigenvalue weighted by Crippen LogP contribution is 2.65. The van der Waals surface area contributed by atoms with E-state index in [-0.39, 0.29) is 0 Å². The van der Waals surface area contributed by atoms with Gasteiger partial charge in [-0.05, 0) is 105 Å². The topological polar surface area (TPSA) is 49.7 Å². The van der Waals surface area contributed by atoms with Crippen molar-refractivity contribution < 1.29 is 14.9 Å². The molecule has 2 unspecified atom stereocenters. The molecule has 144 valence electrons. The third-order valence-electron chi connectivity index (χ3n) is 9.19. The highest BCUT2D eigenvalue weighted by molar-refractivity contribution is 5.07. The maximum absolute atomic E-state index is 10.8. The van der Waals surface area contributed by atoms with Crippen molar-refractivity contribution in [1.82, 2.24) is 0 Å². The van der Waals surface area contributed by atoms with Gasteiger partial charge in [0.05, 0.1) is 12.2 Å². The average Bonchev–Trinajstić information content (AvgIpc) is 2.91. The van der Waals surface area contributed by atoms with Crippen LogP contribution in [0.15, 0.2) is 0 Å². The van der Waals surface area contributed by atoms with E-state index in [1.54, 1.807) is 7.11 Å². The number of ether oxygens (including phenoxy) is 1. The van der Waals surface area contributed by atoms with Gasteiger partial charge in [-0.15, -0.1) is 0 Å². The number of methoxy groups -OCH3 is 1. The molecule has 0 amide bonds. The summed E-state index contributed by atoms with van der Waals surface area (Å²) in [6, 6.07) is 0. The highest BCUT2D eigenvalue weighted by Gasteiger charge is 2.57. The molecule has 0 heterocycles. The summed E-state index contributed by atoms with van der Waals surface area (Å²) in [5.41, 5.74) is -0.0757. The van der Waals surface area contributed by atoms with Crippen molar-refractivity contribution in [1.29, 1.82) is 0 Å². The van der Waals surface area contributed by atoms with Crippen molar-refractivity contribution in [2.75, 3.05) is 20.3 Å². The normalized spacial score (nSPS) is 52.3. The summed E-state index contributed by atoms with van der Waals surface area (Å²) in [5.74, 6) is 5.02. The third kappa shape index (κ3) is 2.99. The Kier molecular flexibility index (Phi) is 4.96. The van der Waals surface area contributed by atoms with Crippen molar-refractivity contribution in [3.63, 3.8) is 0 Å². The first-order chi connectivity index (χ1) is 12.0. The molecule has 0 spiro atoms. The van der Waals surface area contributed by atoms with Crippen LogP contribution in [0.5, 0.6) is 0 Å². The number of rotatable bonds is 4. The Bertz CT molecular complexity index is 480. The monoisotopic (exact) mass is 350 g/mol. The van der Waals surface area contributed by atoms with Gasteiger partial charge in [-0.1, -0.05) is 6.92 Å². The van der Waals surface area contributed by atoms with E-state index in [0.29, 0.717) is 24.5 Å². The van der Waals surface area contributed by atoms with E-state index in [4.69, 9.17) is 4.74 Å². The van der Waals surface area contributed by atoms with E-state index in [1.807, 2.05) is 0 Å². The second kappa shape index (κ2) is 6.80. The van der Waals surface area contributed by atoms with E-state index < -0.39 is 5.60 Å². The van der Waals surface area contributed by atoms with Crippen LogP contribution in [-0.4, -0.2) is 36.1 Å². The fourth-order valence-electron chi connectivity index (χ4n) is 8.10. The van der Waals surface area contributed by atoms with E-state index in [9.17, 15) is 10.2 Å². The standard InChI is InChI=1S/C22H38O3/c1-21-10-7-18-17-8-11-22(24,14-25-2)13-15(17)3-5-19(18)20(21)6-4-16(21)9-12-23/h15-20,23-24H,3-14H2,1-2H3/t15-,16+,17?,18+,19?,20-,21+,22+/m0/s1. The van der Waals surface area contributed by atoms with E-state index in [2.05, 4.69) is 6.92 Å². The van der Waals surface area contributed by atoms with Gasteiger partial charge >= 0.3 is 0 Å². The smallest absolute Gasteiger partial charge is 0.0882 e. The molecule has 4 rings (SSSR count). The van der Waals surface area contributed by atoms with Crippen molar-refractivity contribution in [2.24, 2.45) is 40.9 Å². The Morgan fingerprint density at radius 2 is 1.76 bits per heavy atom. The Morgan fingerprint density at radius 1 is 0.960 bits per heavy atom. The molecule has 0 radical (unpaired) electrons. The zero-order chi connectivity index (χ0) is 17.7. The summed E-state index contributed by atoms with van der Waals surface area (Å²) < 4.78 is 5.31. The van der Waals surface area contributed by atoms with Gasteiger partial charge in [-0.25, -0.2) is 0 Å². The average molecular weight is 351 g/mol. The SMILES string of the molecule is COC[C@@]1(O)CCC2[C@@H](CCC3[C@@H]2CC[C@]2(C)[C@@H](CCO)CC[C@@H]32)C1. The molecule has 0 aromatic rings. The molecule has 4 saturated carbocycles. The maximum atomic E-state index is 10.8. The minimum Gasteiger partial charge on any atom is -0.396 e. The lowest BCUT2D eigenvalue weighted by Crippen LogP contribution is -2.51. The van der Waals surface area contributed by atoms with Gasteiger partial charge in [0.2, 0.25) is 0 Å². The molecule has 4 fully saturated rings. The lowest BCUT2D eigenvalue weighted by molar-refractivity contribution is -0.124. The fourth-order valence-corrected chi connectivity index (χ4v) is 8.10. The van der Waals surface area contributed by atoms with E-state index in [0.717, 1.165) is 48.9 Å². The van der Waals surface area contributed by atoms with Gasteiger partial charge in [0.1, 0.15) is 0 Å². The second-order valence-electron chi connectivity index (χ2n) is 10.2. The molecule has 0 saturated heterocycles. The first-order valence-corrected chi connectivity index (χ1v) is 10.8. The number of aliphatic hydroxyl groups is 2. The summed E-state index contributed by atoms with van der Waals surface area (Å²) in [4.78, 5) is 0. The number of aliphatic hydroxyl groups excluding tert-OH is 1. The summed E-state index contributed by atoms with van der Waals surface area (Å²) in [7, 11) is 1.71. The zero-order valence-corrected chi connectivity index (χ0v) is 16.3. The summed E-state index contributed by atoms with van der Waals surface area (Å²) in [5, 5.41) is 20.3. The Balaban J connectivity index is 1.48. The molecule has 0 aliphatic heterocycles. The van der Waals surface area contributed by atoms with Crippen LogP contribution in [0.2, 0.25) is 0 Å². The van der Waals surface area contributed by atoms with Crippen LogP contribution in [0.4, 0.5) is 0 Å². The molecular weight excluding hydrogens is 312 g/mol. The van der Waals surface area contributed by atoms with Crippen LogP contribution in [0.3, 0.4) is 0 Å². The Labute approximate surface area is 153 Å². The maximum Gasteiger partial charge on any atom is 0.0882 e. The number of fused-ring (bicyclic) bond motifs is 5. The van der Waals surface area contributed by atoms with E-state index in [1.165, 1.54) is 44.9 Å². The third-order valence-corrected chi connectivity index (χ3v) is 9.19. The minimum absolute atomic E-state index is 0.365. The molecule has 25 heavy (non-hydrogen) atoms. The molecule has 3 heteroatoms. The van der Waals surface area contributed by atoms with Crippen LogP contribution >= 0.6 is 0 Å². The molecule has 4 aliphatic rings. The van der Waals surface area contributed by atoms with Crippen LogP contribution < -0.4 is 0 Å². The predicted octanol–water partition coefficient (Wildman–Crippen LogP) is 4.02. The molecule has 3 nitrogen and oxygen atoms in total. The number of hydrogen-bond acceptors (Lipinski definition) is 3. The Morgan fingerprint density at radius 3 is 2.52 bits per heavy atom. The van der Waals surface area contributed by atoms with Crippen molar-refractivity contribution in [2.45, 2.75) is 76.7 Å². The van der Waals surface area contributed by atoms with Gasteiger partial charge in [-0.2, -0.15) is 0 Å². The molecule has 2 N–H and O–H groups in total. The van der Waals surface area contributed by atoms with E-state index >= 15 is 0 Å². The number of hydrogen-bond donors (Lipinski definition) is 2. The van der Waals surface area contributed by atoms with Crippen molar-refractivity contribution in [3.05, 3.63) is 0 Å². The summed E-state index contributed by atoms with van der Waals surface area (Å²) >= 11 is 0. The van der Waals surface area contributed by atoms with Gasteiger partial charge in [-0.3, -0.25) is 0 Å². The first-order valence-electron chi connectivity index (χ1n) is 10.8. The summed E-state index contributed by atoms with van der Waals surface area (Å²) in [6.07, 6.45) is 12.3. The first kappa shape index (κ1) is 18.3. The van der Waals surface area contributed by atoms with Crippen molar-refractivity contribution >= 4 is 0 Å². The molecule has 4 aliphatic carbocycles. The minimum atomic E-state index is -0.564. The quantitative estimate of drug-likeness (QED) is 0.805. The molecule has 0 aromatic carbocycles. The van der Waals surface area contributed by atoms with Crippen molar-refractivity contribution in [3.8, 4) is 0 Å². The fraction of sp³-hybridized carbons (Fsp3) is 1.00. The van der Waals surface area contributed by atoms with Crippen LogP contribution in [0.1, 0.15) is 71.1 Å². The second-order valence-corrected chi connectivity index (χ2v) is 10.2. The lowest BCUT2D eigenvalue weighted by atomic mass is 9.49. The van der Waals surface area contributed by atoms with Gasteiger partial charge < -0.3 is 14.9 Å². The zero-order valence-electron chi connectivity index (χ0n) is 16.3. The van der Waals surface area contributed by atoms with Crippen LogP contribution in [0, 0.1) is 40.9 Å². The summed E-state index contributed by atoms with van der Waals surface area (Å²) in [6.45, 7) is 3.42. The van der Waals surface area contributed by atoms with Gasteiger partial charge in [0.25, 0.3) is 0 Å².